The monoisotopic (exact) mass is 502 g/mol. The van der Waals surface area contributed by atoms with Gasteiger partial charge in [0.15, 0.2) is 5.96 Å². The molecule has 3 N–H and O–H groups in total. The van der Waals surface area contributed by atoms with Gasteiger partial charge in [0.1, 0.15) is 0 Å². The molecule has 2 rings (SSSR count). The quantitative estimate of drug-likeness (QED) is 0.235. The van der Waals surface area contributed by atoms with Crippen molar-refractivity contribution in [2.24, 2.45) is 4.99 Å². The van der Waals surface area contributed by atoms with Crippen LogP contribution in [0.3, 0.4) is 0 Å². The fourth-order valence-electron chi connectivity index (χ4n) is 2.38. The molecule has 0 aliphatic heterocycles. The first kappa shape index (κ1) is 23.4. The standard InChI is InChI=1S/C19H26N4O2S.HI/c1-15-8-10-18(11-9-15)26(24,25)23-13-12-21-19(20-3)22-14-17-7-5-4-6-16(17)2;/h4-11,23H,12-14H2,1-3H3,(H2,20,21,22);1H. The molecule has 0 aliphatic carbocycles. The maximum absolute atomic E-state index is 12.2. The second-order valence-electron chi connectivity index (χ2n) is 5.99. The fourth-order valence-corrected chi connectivity index (χ4v) is 3.41. The van der Waals surface area contributed by atoms with Crippen LogP contribution in [0.15, 0.2) is 58.4 Å². The molecule has 0 fully saturated rings. The number of guanidine groups is 1. The zero-order valence-electron chi connectivity index (χ0n) is 15.8. The van der Waals surface area contributed by atoms with Crippen LogP contribution in [0.4, 0.5) is 0 Å². The summed E-state index contributed by atoms with van der Waals surface area (Å²) in [6.07, 6.45) is 0. The Morgan fingerprint density at radius 2 is 1.63 bits per heavy atom. The lowest BCUT2D eigenvalue weighted by Gasteiger charge is -2.13. The number of sulfonamides is 1. The van der Waals surface area contributed by atoms with Gasteiger partial charge in [-0.2, -0.15) is 0 Å². The number of nitrogens with zero attached hydrogens (tertiary/aromatic N) is 1. The third-order valence-electron chi connectivity index (χ3n) is 3.97. The van der Waals surface area contributed by atoms with Gasteiger partial charge < -0.3 is 10.6 Å². The van der Waals surface area contributed by atoms with E-state index < -0.39 is 10.0 Å². The van der Waals surface area contributed by atoms with Gasteiger partial charge in [0, 0.05) is 26.7 Å². The molecule has 8 heteroatoms. The zero-order chi connectivity index (χ0) is 19.0. The zero-order valence-corrected chi connectivity index (χ0v) is 19.0. The van der Waals surface area contributed by atoms with Gasteiger partial charge in [-0.25, -0.2) is 13.1 Å². The van der Waals surface area contributed by atoms with Gasteiger partial charge in [-0.3, -0.25) is 4.99 Å². The minimum absolute atomic E-state index is 0. The predicted molar refractivity (Wildman–Crippen MR) is 121 cm³/mol. The minimum atomic E-state index is -3.49. The summed E-state index contributed by atoms with van der Waals surface area (Å²) in [6, 6.07) is 14.9. The van der Waals surface area contributed by atoms with E-state index in [-0.39, 0.29) is 35.4 Å². The van der Waals surface area contributed by atoms with E-state index in [0.29, 0.717) is 19.0 Å². The van der Waals surface area contributed by atoms with E-state index in [1.54, 1.807) is 31.3 Å². The van der Waals surface area contributed by atoms with Crippen LogP contribution in [-0.4, -0.2) is 34.5 Å². The Morgan fingerprint density at radius 1 is 0.963 bits per heavy atom. The highest BCUT2D eigenvalue weighted by atomic mass is 127. The minimum Gasteiger partial charge on any atom is -0.355 e. The first-order valence-electron chi connectivity index (χ1n) is 8.48. The Kier molecular flexibility index (Phi) is 9.75. The number of aliphatic imine (C=N–C) groups is 1. The molecule has 0 saturated carbocycles. The molecule has 6 nitrogen and oxygen atoms in total. The number of hydrogen-bond donors (Lipinski definition) is 3. The van der Waals surface area contributed by atoms with Gasteiger partial charge in [-0.05, 0) is 37.1 Å². The average Bonchev–Trinajstić information content (AvgIpc) is 2.62. The SMILES string of the molecule is CN=C(NCCNS(=O)(=O)c1ccc(C)cc1)NCc1ccccc1C.I. The lowest BCUT2D eigenvalue weighted by atomic mass is 10.1. The van der Waals surface area contributed by atoms with Crippen molar-refractivity contribution in [2.45, 2.75) is 25.3 Å². The average molecular weight is 502 g/mol. The Bertz CT molecular complexity index is 852. The topological polar surface area (TPSA) is 82.6 Å². The van der Waals surface area contributed by atoms with Crippen molar-refractivity contribution in [3.8, 4) is 0 Å². The van der Waals surface area contributed by atoms with E-state index in [9.17, 15) is 8.42 Å². The highest BCUT2D eigenvalue weighted by Crippen LogP contribution is 2.09. The van der Waals surface area contributed by atoms with Crippen molar-refractivity contribution < 1.29 is 8.42 Å². The van der Waals surface area contributed by atoms with Gasteiger partial charge >= 0.3 is 0 Å². The molecular formula is C19H27IN4O2S. The normalized spacial score (nSPS) is 11.6. The Balaban J connectivity index is 0.00000364. The molecule has 0 saturated heterocycles. The summed E-state index contributed by atoms with van der Waals surface area (Å²) in [4.78, 5) is 4.42. The van der Waals surface area contributed by atoms with Gasteiger partial charge in [-0.1, -0.05) is 42.0 Å². The molecule has 0 heterocycles. The molecule has 0 bridgehead atoms. The smallest absolute Gasteiger partial charge is 0.240 e. The van der Waals surface area contributed by atoms with E-state index in [2.05, 4.69) is 39.4 Å². The van der Waals surface area contributed by atoms with Gasteiger partial charge in [0.25, 0.3) is 0 Å². The third kappa shape index (κ3) is 7.47. The summed E-state index contributed by atoms with van der Waals surface area (Å²) in [6.45, 7) is 5.33. The molecule has 2 aromatic rings. The van der Waals surface area contributed by atoms with E-state index in [1.165, 1.54) is 11.1 Å². The molecule has 0 aromatic heterocycles. The van der Waals surface area contributed by atoms with Crippen molar-refractivity contribution in [2.75, 3.05) is 20.1 Å². The van der Waals surface area contributed by atoms with Gasteiger partial charge in [0.2, 0.25) is 10.0 Å². The maximum atomic E-state index is 12.2. The van der Waals surface area contributed by atoms with Crippen molar-refractivity contribution in [3.63, 3.8) is 0 Å². The summed E-state index contributed by atoms with van der Waals surface area (Å²) >= 11 is 0. The molecule has 0 amide bonds. The van der Waals surface area contributed by atoms with E-state index in [1.807, 2.05) is 19.1 Å². The number of rotatable bonds is 7. The van der Waals surface area contributed by atoms with Crippen molar-refractivity contribution in [1.29, 1.82) is 0 Å². The number of hydrogen-bond acceptors (Lipinski definition) is 3. The molecule has 27 heavy (non-hydrogen) atoms. The van der Waals surface area contributed by atoms with Crippen molar-refractivity contribution in [3.05, 3.63) is 65.2 Å². The Morgan fingerprint density at radius 3 is 2.26 bits per heavy atom. The van der Waals surface area contributed by atoms with E-state index >= 15 is 0 Å². The van der Waals surface area contributed by atoms with Crippen LogP contribution in [0.25, 0.3) is 0 Å². The van der Waals surface area contributed by atoms with Crippen molar-refractivity contribution >= 4 is 40.0 Å². The van der Waals surface area contributed by atoms with Crippen LogP contribution < -0.4 is 15.4 Å². The molecule has 0 unspecified atom stereocenters. The second-order valence-corrected chi connectivity index (χ2v) is 7.76. The number of benzene rings is 2. The van der Waals surface area contributed by atoms with Crippen LogP contribution >= 0.6 is 24.0 Å². The molecule has 2 aromatic carbocycles. The highest BCUT2D eigenvalue weighted by Gasteiger charge is 2.12. The molecule has 0 radical (unpaired) electrons. The predicted octanol–water partition coefficient (Wildman–Crippen LogP) is 2.56. The summed E-state index contributed by atoms with van der Waals surface area (Å²) in [5, 5.41) is 6.33. The van der Waals surface area contributed by atoms with Gasteiger partial charge in [0.05, 0.1) is 4.90 Å². The molecule has 0 spiro atoms. The van der Waals surface area contributed by atoms with Crippen LogP contribution in [0.1, 0.15) is 16.7 Å². The summed E-state index contributed by atoms with van der Waals surface area (Å²) in [7, 11) is -1.81. The summed E-state index contributed by atoms with van der Waals surface area (Å²) in [5.41, 5.74) is 3.42. The van der Waals surface area contributed by atoms with Gasteiger partial charge in [-0.15, -0.1) is 24.0 Å². The number of halogens is 1. The third-order valence-corrected chi connectivity index (χ3v) is 5.45. The Hall–Kier alpha value is -1.65. The number of aryl methyl sites for hydroxylation is 2. The molecule has 0 atom stereocenters. The fraction of sp³-hybridized carbons (Fsp3) is 0.316. The van der Waals surface area contributed by atoms with Crippen molar-refractivity contribution in [1.82, 2.24) is 15.4 Å². The van der Waals surface area contributed by atoms with E-state index in [0.717, 1.165) is 5.56 Å². The molecular weight excluding hydrogens is 475 g/mol. The lowest BCUT2D eigenvalue weighted by molar-refractivity contribution is 0.580. The molecule has 0 aliphatic rings. The van der Waals surface area contributed by atoms with Crippen LogP contribution in [0, 0.1) is 13.8 Å². The van der Waals surface area contributed by atoms with Crippen LogP contribution in [0.2, 0.25) is 0 Å². The van der Waals surface area contributed by atoms with Crippen LogP contribution in [0.5, 0.6) is 0 Å². The van der Waals surface area contributed by atoms with Crippen LogP contribution in [-0.2, 0) is 16.6 Å². The van der Waals surface area contributed by atoms with E-state index in [4.69, 9.17) is 0 Å². The lowest BCUT2D eigenvalue weighted by Crippen LogP contribution is -2.41. The number of nitrogens with one attached hydrogen (secondary N) is 3. The first-order valence-corrected chi connectivity index (χ1v) is 9.96. The largest absolute Gasteiger partial charge is 0.355 e. The first-order chi connectivity index (χ1) is 12.4. The second kappa shape index (κ2) is 11.3. The highest BCUT2D eigenvalue weighted by molar-refractivity contribution is 14.0. The Labute approximate surface area is 178 Å². The maximum Gasteiger partial charge on any atom is 0.240 e. The summed E-state index contributed by atoms with van der Waals surface area (Å²) < 4.78 is 27.0. The molecule has 148 valence electrons. The summed E-state index contributed by atoms with van der Waals surface area (Å²) in [5.74, 6) is 0.628.